The Morgan fingerprint density at radius 2 is 2.23 bits per heavy atom. The summed E-state index contributed by atoms with van der Waals surface area (Å²) >= 11 is 0. The Bertz CT molecular complexity index is 137. The Morgan fingerprint density at radius 3 is 2.62 bits per heavy atom. The summed E-state index contributed by atoms with van der Waals surface area (Å²) in [6.45, 7) is 2.18. The summed E-state index contributed by atoms with van der Waals surface area (Å²) in [4.78, 5) is 0. The van der Waals surface area contributed by atoms with E-state index in [4.69, 9.17) is 10.6 Å². The molecule has 0 amide bonds. The summed E-state index contributed by atoms with van der Waals surface area (Å²) in [7, 11) is 1.78. The van der Waals surface area contributed by atoms with Crippen LogP contribution in [-0.4, -0.2) is 19.3 Å². The summed E-state index contributed by atoms with van der Waals surface area (Å²) in [5.74, 6) is 6.42. The highest BCUT2D eigenvalue weighted by Crippen LogP contribution is 2.34. The number of hydrogen-bond acceptors (Lipinski definition) is 3. The monoisotopic (exact) mass is 186 g/mol. The van der Waals surface area contributed by atoms with E-state index in [2.05, 4.69) is 12.3 Å². The van der Waals surface area contributed by atoms with Crippen molar-refractivity contribution in [3.05, 3.63) is 0 Å². The average Bonchev–Trinajstić information content (AvgIpc) is 2.94. The van der Waals surface area contributed by atoms with E-state index < -0.39 is 0 Å². The molecule has 0 radical (unpaired) electrons. The zero-order chi connectivity index (χ0) is 9.68. The third-order valence-electron chi connectivity index (χ3n) is 2.82. The first-order valence-electron chi connectivity index (χ1n) is 5.30. The first kappa shape index (κ1) is 11.0. The SMILES string of the molecule is CCCC(OC)C(CC1CC1)NN. The molecule has 2 unspecified atom stereocenters. The first-order chi connectivity index (χ1) is 6.31. The summed E-state index contributed by atoms with van der Waals surface area (Å²) < 4.78 is 5.43. The van der Waals surface area contributed by atoms with Gasteiger partial charge in [0.25, 0.3) is 0 Å². The number of hydrazine groups is 1. The minimum Gasteiger partial charge on any atom is -0.380 e. The van der Waals surface area contributed by atoms with Gasteiger partial charge in [-0.05, 0) is 18.8 Å². The second-order valence-corrected chi connectivity index (χ2v) is 4.02. The van der Waals surface area contributed by atoms with Crippen molar-refractivity contribution in [1.29, 1.82) is 0 Å². The largest absolute Gasteiger partial charge is 0.380 e. The van der Waals surface area contributed by atoms with Gasteiger partial charge in [-0.15, -0.1) is 0 Å². The van der Waals surface area contributed by atoms with E-state index >= 15 is 0 Å². The first-order valence-corrected chi connectivity index (χ1v) is 5.30. The molecule has 0 aliphatic heterocycles. The van der Waals surface area contributed by atoms with Crippen LogP contribution >= 0.6 is 0 Å². The van der Waals surface area contributed by atoms with E-state index in [0.29, 0.717) is 6.04 Å². The molecule has 1 fully saturated rings. The van der Waals surface area contributed by atoms with Crippen LogP contribution in [0.15, 0.2) is 0 Å². The van der Waals surface area contributed by atoms with Crippen molar-refractivity contribution in [2.75, 3.05) is 7.11 Å². The van der Waals surface area contributed by atoms with Gasteiger partial charge >= 0.3 is 0 Å². The van der Waals surface area contributed by atoms with Crippen LogP contribution in [0, 0.1) is 5.92 Å². The van der Waals surface area contributed by atoms with Gasteiger partial charge in [0, 0.05) is 13.2 Å². The van der Waals surface area contributed by atoms with Crippen LogP contribution in [0.4, 0.5) is 0 Å². The van der Waals surface area contributed by atoms with Gasteiger partial charge < -0.3 is 4.74 Å². The van der Waals surface area contributed by atoms with Crippen LogP contribution in [0.5, 0.6) is 0 Å². The van der Waals surface area contributed by atoms with Crippen molar-refractivity contribution in [3.8, 4) is 0 Å². The second kappa shape index (κ2) is 5.58. The fourth-order valence-corrected chi connectivity index (χ4v) is 1.81. The fourth-order valence-electron chi connectivity index (χ4n) is 1.81. The Labute approximate surface area is 81.0 Å². The average molecular weight is 186 g/mol. The summed E-state index contributed by atoms with van der Waals surface area (Å²) in [6.07, 6.45) is 6.46. The van der Waals surface area contributed by atoms with E-state index in [0.717, 1.165) is 18.8 Å². The highest BCUT2D eigenvalue weighted by Gasteiger charge is 2.29. The molecule has 0 spiro atoms. The standard InChI is InChI=1S/C10H22N2O/c1-3-4-10(13-2)9(12-11)7-8-5-6-8/h8-10,12H,3-7,11H2,1-2H3. The zero-order valence-corrected chi connectivity index (χ0v) is 8.75. The van der Waals surface area contributed by atoms with Crippen LogP contribution in [0.25, 0.3) is 0 Å². The maximum atomic E-state index is 5.53. The molecule has 0 aromatic heterocycles. The van der Waals surface area contributed by atoms with Gasteiger partial charge in [0.15, 0.2) is 0 Å². The number of nitrogens with one attached hydrogen (secondary N) is 1. The van der Waals surface area contributed by atoms with Gasteiger partial charge in [-0.2, -0.15) is 0 Å². The third-order valence-corrected chi connectivity index (χ3v) is 2.82. The van der Waals surface area contributed by atoms with Crippen LogP contribution in [0.3, 0.4) is 0 Å². The topological polar surface area (TPSA) is 47.3 Å². The molecule has 3 nitrogen and oxygen atoms in total. The van der Waals surface area contributed by atoms with Crippen LogP contribution < -0.4 is 11.3 Å². The molecule has 3 N–H and O–H groups in total. The minimum absolute atomic E-state index is 0.288. The maximum absolute atomic E-state index is 5.53. The van der Waals surface area contributed by atoms with Gasteiger partial charge in [-0.1, -0.05) is 26.2 Å². The van der Waals surface area contributed by atoms with Crippen molar-refractivity contribution in [1.82, 2.24) is 5.43 Å². The van der Waals surface area contributed by atoms with Gasteiger partial charge in [-0.3, -0.25) is 11.3 Å². The second-order valence-electron chi connectivity index (χ2n) is 4.02. The Kier molecular flexibility index (Phi) is 4.70. The quantitative estimate of drug-likeness (QED) is 0.467. The van der Waals surface area contributed by atoms with E-state index in [-0.39, 0.29) is 6.10 Å². The molecular formula is C10H22N2O. The normalized spacial score (nSPS) is 21.5. The van der Waals surface area contributed by atoms with Crippen LogP contribution in [0.2, 0.25) is 0 Å². The van der Waals surface area contributed by atoms with E-state index in [1.165, 1.54) is 19.3 Å². The van der Waals surface area contributed by atoms with E-state index in [9.17, 15) is 0 Å². The molecule has 0 saturated heterocycles. The van der Waals surface area contributed by atoms with Gasteiger partial charge in [0.05, 0.1) is 6.10 Å². The van der Waals surface area contributed by atoms with Crippen molar-refractivity contribution in [2.45, 2.75) is 51.2 Å². The molecule has 78 valence electrons. The molecule has 13 heavy (non-hydrogen) atoms. The molecule has 1 saturated carbocycles. The summed E-state index contributed by atoms with van der Waals surface area (Å²) in [5, 5.41) is 0. The molecule has 0 bridgehead atoms. The molecule has 0 aromatic rings. The lowest BCUT2D eigenvalue weighted by Gasteiger charge is -2.25. The lowest BCUT2D eigenvalue weighted by Crippen LogP contribution is -2.45. The summed E-state index contributed by atoms with van der Waals surface area (Å²) in [6, 6.07) is 0.345. The number of methoxy groups -OCH3 is 1. The fraction of sp³-hybridized carbons (Fsp3) is 1.00. The predicted octanol–water partition coefficient (Wildman–Crippen LogP) is 1.43. The number of ether oxygens (including phenoxy) is 1. The number of nitrogens with two attached hydrogens (primary N) is 1. The maximum Gasteiger partial charge on any atom is 0.0737 e. The minimum atomic E-state index is 0.288. The van der Waals surface area contributed by atoms with Crippen molar-refractivity contribution in [2.24, 2.45) is 11.8 Å². The third kappa shape index (κ3) is 3.63. The summed E-state index contributed by atoms with van der Waals surface area (Å²) in [5.41, 5.74) is 2.88. The molecule has 1 aliphatic rings. The molecule has 0 heterocycles. The highest BCUT2D eigenvalue weighted by atomic mass is 16.5. The molecule has 1 rings (SSSR count). The zero-order valence-electron chi connectivity index (χ0n) is 8.75. The molecule has 1 aliphatic carbocycles. The van der Waals surface area contributed by atoms with Gasteiger partial charge in [-0.25, -0.2) is 0 Å². The Hall–Kier alpha value is -0.120. The van der Waals surface area contributed by atoms with Crippen LogP contribution in [-0.2, 0) is 4.74 Å². The molecule has 2 atom stereocenters. The van der Waals surface area contributed by atoms with E-state index in [1.807, 2.05) is 0 Å². The predicted molar refractivity (Wildman–Crippen MR) is 54.2 cm³/mol. The highest BCUT2D eigenvalue weighted by molar-refractivity contribution is 4.83. The lowest BCUT2D eigenvalue weighted by molar-refractivity contribution is 0.0563. The van der Waals surface area contributed by atoms with Crippen molar-refractivity contribution >= 4 is 0 Å². The number of rotatable bonds is 7. The van der Waals surface area contributed by atoms with Crippen molar-refractivity contribution < 1.29 is 4.74 Å². The lowest BCUT2D eigenvalue weighted by atomic mass is 10.0. The Morgan fingerprint density at radius 1 is 1.54 bits per heavy atom. The molecule has 3 heteroatoms. The van der Waals surface area contributed by atoms with Gasteiger partial charge in [0.1, 0.15) is 0 Å². The smallest absolute Gasteiger partial charge is 0.0737 e. The van der Waals surface area contributed by atoms with Crippen LogP contribution in [0.1, 0.15) is 39.0 Å². The molecule has 0 aromatic carbocycles. The Balaban J connectivity index is 2.30. The van der Waals surface area contributed by atoms with Crippen molar-refractivity contribution in [3.63, 3.8) is 0 Å². The van der Waals surface area contributed by atoms with Gasteiger partial charge in [0.2, 0.25) is 0 Å². The molecular weight excluding hydrogens is 164 g/mol. The number of hydrogen-bond donors (Lipinski definition) is 2. The van der Waals surface area contributed by atoms with E-state index in [1.54, 1.807) is 7.11 Å².